The molecule has 0 spiro atoms. The fourth-order valence-corrected chi connectivity index (χ4v) is 3.89. The number of carbonyl (C=O) groups is 1. The number of aliphatic imine (C=N–C) groups is 1. The quantitative estimate of drug-likeness (QED) is 0.356. The molecule has 0 atom stereocenters. The first kappa shape index (κ1) is 22.8. The molecule has 1 aromatic heterocycles. The highest BCUT2D eigenvalue weighted by Gasteiger charge is 2.26. The Hall–Kier alpha value is -1.88. The van der Waals surface area contributed by atoms with Gasteiger partial charge in [0.1, 0.15) is 12.4 Å². The van der Waals surface area contributed by atoms with E-state index in [1.54, 1.807) is 0 Å². The van der Waals surface area contributed by atoms with Crippen LogP contribution in [0.1, 0.15) is 30.6 Å². The van der Waals surface area contributed by atoms with Crippen LogP contribution in [0.2, 0.25) is 5.02 Å². The van der Waals surface area contributed by atoms with Gasteiger partial charge in [0, 0.05) is 44.2 Å². The summed E-state index contributed by atoms with van der Waals surface area (Å²) in [5.74, 6) is 2.79. The Labute approximate surface area is 198 Å². The number of nitrogens with zero attached hydrogens (tertiary/aromatic N) is 6. The summed E-state index contributed by atoms with van der Waals surface area (Å²) in [6.07, 6.45) is 2.10. The maximum absolute atomic E-state index is 12.7. The lowest BCUT2D eigenvalue weighted by molar-refractivity contribution is -0.135. The standard InChI is InChI=1S/C20H26ClN7O.HI/c1-2-22-20(23-12-18-25-24-17-4-3-9-28(17)18)27-11-10-26(19(29)14-27)13-15-5-7-16(21)8-6-15;/h5-8H,2-4,9-14H2,1H3,(H,22,23);1H. The van der Waals surface area contributed by atoms with Gasteiger partial charge in [-0.15, -0.1) is 34.2 Å². The van der Waals surface area contributed by atoms with Crippen molar-refractivity contribution in [3.8, 4) is 0 Å². The monoisotopic (exact) mass is 543 g/mol. The number of guanidine groups is 1. The van der Waals surface area contributed by atoms with E-state index in [4.69, 9.17) is 16.6 Å². The minimum Gasteiger partial charge on any atom is -0.356 e. The summed E-state index contributed by atoms with van der Waals surface area (Å²) >= 11 is 5.95. The van der Waals surface area contributed by atoms with E-state index >= 15 is 0 Å². The molecule has 1 amide bonds. The van der Waals surface area contributed by atoms with E-state index in [0.717, 1.165) is 55.6 Å². The van der Waals surface area contributed by atoms with Crippen LogP contribution in [0.15, 0.2) is 29.3 Å². The van der Waals surface area contributed by atoms with Gasteiger partial charge in [0.25, 0.3) is 0 Å². The van der Waals surface area contributed by atoms with E-state index < -0.39 is 0 Å². The first-order valence-corrected chi connectivity index (χ1v) is 10.5. The zero-order valence-corrected chi connectivity index (χ0v) is 20.1. The van der Waals surface area contributed by atoms with Crippen molar-refractivity contribution in [1.82, 2.24) is 29.9 Å². The number of piperazine rings is 1. The largest absolute Gasteiger partial charge is 0.356 e. The van der Waals surface area contributed by atoms with Gasteiger partial charge >= 0.3 is 0 Å². The van der Waals surface area contributed by atoms with E-state index in [1.165, 1.54) is 0 Å². The first-order valence-electron chi connectivity index (χ1n) is 10.1. The van der Waals surface area contributed by atoms with E-state index in [0.29, 0.717) is 31.2 Å². The van der Waals surface area contributed by atoms with E-state index in [9.17, 15) is 4.79 Å². The molecule has 1 saturated heterocycles. The van der Waals surface area contributed by atoms with Crippen molar-refractivity contribution < 1.29 is 4.79 Å². The molecule has 3 heterocycles. The molecule has 1 fully saturated rings. The van der Waals surface area contributed by atoms with E-state index in [1.807, 2.05) is 41.0 Å². The predicted molar refractivity (Wildman–Crippen MR) is 127 cm³/mol. The van der Waals surface area contributed by atoms with Gasteiger partial charge < -0.3 is 19.7 Å². The minimum atomic E-state index is 0. The zero-order valence-electron chi connectivity index (χ0n) is 17.1. The summed E-state index contributed by atoms with van der Waals surface area (Å²) < 4.78 is 2.16. The molecule has 0 radical (unpaired) electrons. The van der Waals surface area contributed by atoms with Crippen molar-refractivity contribution in [1.29, 1.82) is 0 Å². The van der Waals surface area contributed by atoms with Crippen LogP contribution in [0.25, 0.3) is 0 Å². The number of rotatable bonds is 5. The minimum absolute atomic E-state index is 0. The maximum atomic E-state index is 12.7. The number of nitrogens with one attached hydrogen (secondary N) is 1. The summed E-state index contributed by atoms with van der Waals surface area (Å²) in [6, 6.07) is 7.64. The second kappa shape index (κ2) is 10.4. The van der Waals surface area contributed by atoms with Crippen LogP contribution in [-0.4, -0.2) is 62.6 Å². The number of hydrogen-bond donors (Lipinski definition) is 1. The number of halogens is 2. The average Bonchev–Trinajstić information content (AvgIpc) is 3.33. The van der Waals surface area contributed by atoms with Gasteiger partial charge in [0.05, 0.1) is 6.54 Å². The number of aromatic nitrogens is 3. The van der Waals surface area contributed by atoms with Crippen molar-refractivity contribution in [3.05, 3.63) is 46.5 Å². The van der Waals surface area contributed by atoms with E-state index in [-0.39, 0.29) is 29.9 Å². The van der Waals surface area contributed by atoms with E-state index in [2.05, 4.69) is 20.1 Å². The fraction of sp³-hybridized carbons (Fsp3) is 0.500. The second-order valence-electron chi connectivity index (χ2n) is 7.32. The summed E-state index contributed by atoms with van der Waals surface area (Å²) in [5.41, 5.74) is 1.08. The normalized spacial score (nSPS) is 16.5. The molecule has 162 valence electrons. The summed E-state index contributed by atoms with van der Waals surface area (Å²) in [6.45, 7) is 6.52. The maximum Gasteiger partial charge on any atom is 0.242 e. The Balaban J connectivity index is 0.00000256. The van der Waals surface area contributed by atoms with Gasteiger partial charge in [-0.2, -0.15) is 0 Å². The highest BCUT2D eigenvalue weighted by atomic mass is 127. The summed E-state index contributed by atoms with van der Waals surface area (Å²) in [7, 11) is 0. The first-order chi connectivity index (χ1) is 14.1. The van der Waals surface area contributed by atoms with Gasteiger partial charge in [-0.3, -0.25) is 4.79 Å². The number of benzene rings is 1. The van der Waals surface area contributed by atoms with Gasteiger partial charge in [-0.25, -0.2) is 4.99 Å². The lowest BCUT2D eigenvalue weighted by Gasteiger charge is -2.36. The summed E-state index contributed by atoms with van der Waals surface area (Å²) in [4.78, 5) is 21.4. The third-order valence-electron chi connectivity index (χ3n) is 5.30. The molecule has 0 saturated carbocycles. The number of aryl methyl sites for hydroxylation is 1. The Morgan fingerprint density at radius 3 is 2.73 bits per heavy atom. The molecule has 8 nitrogen and oxygen atoms in total. The third kappa shape index (κ3) is 5.23. The molecular formula is C20H27ClIN7O. The van der Waals surface area contributed by atoms with Gasteiger partial charge in [-0.1, -0.05) is 23.7 Å². The van der Waals surface area contributed by atoms with Crippen molar-refractivity contribution >= 4 is 47.4 Å². The lowest BCUT2D eigenvalue weighted by Crippen LogP contribution is -2.54. The zero-order chi connectivity index (χ0) is 20.2. The molecule has 30 heavy (non-hydrogen) atoms. The molecule has 1 aromatic carbocycles. The molecule has 2 aromatic rings. The Bertz CT molecular complexity index is 899. The summed E-state index contributed by atoms with van der Waals surface area (Å²) in [5, 5.41) is 12.5. The van der Waals surface area contributed by atoms with Gasteiger partial charge in [0.15, 0.2) is 11.8 Å². The van der Waals surface area contributed by atoms with Gasteiger partial charge in [-0.05, 0) is 31.0 Å². The number of fused-ring (bicyclic) bond motifs is 1. The molecular weight excluding hydrogens is 517 g/mol. The molecule has 0 aliphatic carbocycles. The van der Waals surface area contributed by atoms with Crippen LogP contribution in [-0.2, 0) is 30.8 Å². The second-order valence-corrected chi connectivity index (χ2v) is 7.76. The van der Waals surface area contributed by atoms with Crippen LogP contribution in [0.5, 0.6) is 0 Å². The van der Waals surface area contributed by atoms with Crippen LogP contribution in [0, 0.1) is 0 Å². The number of carbonyl (C=O) groups excluding carboxylic acids is 1. The van der Waals surface area contributed by atoms with Crippen LogP contribution < -0.4 is 5.32 Å². The molecule has 4 rings (SSSR count). The molecule has 2 aliphatic rings. The number of amides is 1. The van der Waals surface area contributed by atoms with Crippen LogP contribution in [0.3, 0.4) is 0 Å². The van der Waals surface area contributed by atoms with Crippen molar-refractivity contribution in [2.45, 2.75) is 39.4 Å². The molecule has 10 heteroatoms. The number of hydrogen-bond acceptors (Lipinski definition) is 4. The Kier molecular flexibility index (Phi) is 7.93. The molecule has 2 aliphatic heterocycles. The molecule has 0 bridgehead atoms. The van der Waals surface area contributed by atoms with Crippen molar-refractivity contribution in [2.75, 3.05) is 26.2 Å². The smallest absolute Gasteiger partial charge is 0.242 e. The molecule has 0 unspecified atom stereocenters. The molecule has 1 N–H and O–H groups in total. The van der Waals surface area contributed by atoms with Crippen LogP contribution in [0.4, 0.5) is 0 Å². The third-order valence-corrected chi connectivity index (χ3v) is 5.55. The van der Waals surface area contributed by atoms with Crippen molar-refractivity contribution in [2.24, 2.45) is 4.99 Å². The fourth-order valence-electron chi connectivity index (χ4n) is 3.77. The van der Waals surface area contributed by atoms with Gasteiger partial charge in [0.2, 0.25) is 5.91 Å². The highest BCUT2D eigenvalue weighted by molar-refractivity contribution is 14.0. The Morgan fingerprint density at radius 2 is 2.00 bits per heavy atom. The SMILES string of the molecule is CCNC(=NCc1nnc2n1CCC2)N1CCN(Cc2ccc(Cl)cc2)C(=O)C1.I. The van der Waals surface area contributed by atoms with Crippen molar-refractivity contribution in [3.63, 3.8) is 0 Å². The predicted octanol–water partition coefficient (Wildman–Crippen LogP) is 2.31. The topological polar surface area (TPSA) is 78.7 Å². The highest BCUT2D eigenvalue weighted by Crippen LogP contribution is 2.16. The Morgan fingerprint density at radius 1 is 1.20 bits per heavy atom. The average molecular weight is 544 g/mol. The lowest BCUT2D eigenvalue weighted by atomic mass is 10.2. The van der Waals surface area contributed by atoms with Crippen LogP contribution >= 0.6 is 35.6 Å².